The van der Waals surface area contributed by atoms with E-state index in [1.807, 2.05) is 0 Å². The van der Waals surface area contributed by atoms with E-state index in [1.165, 1.54) is 64.5 Å². The average molecular weight is 297 g/mol. The van der Waals surface area contributed by atoms with Gasteiger partial charge in [0.15, 0.2) is 0 Å². The molecule has 1 unspecified atom stereocenters. The molecule has 3 fully saturated rings. The van der Waals surface area contributed by atoms with Gasteiger partial charge in [-0.2, -0.15) is 0 Å². The van der Waals surface area contributed by atoms with Crippen LogP contribution in [0.5, 0.6) is 0 Å². The molecule has 0 amide bonds. The van der Waals surface area contributed by atoms with E-state index in [1.54, 1.807) is 0 Å². The van der Waals surface area contributed by atoms with Gasteiger partial charge in [0.1, 0.15) is 0 Å². The summed E-state index contributed by atoms with van der Waals surface area (Å²) in [5.41, 5.74) is 0. The molecule has 0 bridgehead atoms. The molecule has 3 aliphatic rings. The Kier molecular flexibility index (Phi) is 6.34. The number of likely N-dealkylation sites (tertiary alicyclic amines) is 1. The molecule has 4 nitrogen and oxygen atoms in total. The summed E-state index contributed by atoms with van der Waals surface area (Å²) in [6.07, 6.45) is 11.5. The maximum atomic E-state index is 6.22. The average Bonchev–Trinajstić information content (AvgIpc) is 3.19. The van der Waals surface area contributed by atoms with Crippen LogP contribution in [0.1, 0.15) is 51.4 Å². The fourth-order valence-corrected chi connectivity index (χ4v) is 3.75. The van der Waals surface area contributed by atoms with Gasteiger partial charge in [0, 0.05) is 26.2 Å². The zero-order valence-corrected chi connectivity index (χ0v) is 13.3. The molecule has 21 heavy (non-hydrogen) atoms. The van der Waals surface area contributed by atoms with Crippen LogP contribution in [0.4, 0.5) is 0 Å². The molecule has 1 atom stereocenters. The third-order valence-corrected chi connectivity index (χ3v) is 5.10. The molecule has 1 aliphatic carbocycles. The monoisotopic (exact) mass is 297 g/mol. The molecule has 0 aromatic heterocycles. The summed E-state index contributed by atoms with van der Waals surface area (Å²) in [5, 5.41) is 0. The molecule has 2 heterocycles. The van der Waals surface area contributed by atoms with Crippen LogP contribution >= 0.6 is 0 Å². The highest BCUT2D eigenvalue weighted by atomic mass is 16.5. The first-order chi connectivity index (χ1) is 10.4. The van der Waals surface area contributed by atoms with Crippen LogP contribution in [-0.2, 0) is 14.2 Å². The summed E-state index contributed by atoms with van der Waals surface area (Å²) in [5.74, 6) is 0. The van der Waals surface area contributed by atoms with Gasteiger partial charge in [0.25, 0.3) is 0 Å². The normalized spacial score (nSPS) is 29.4. The molecular weight excluding hydrogens is 266 g/mol. The first kappa shape index (κ1) is 15.7. The Hall–Kier alpha value is -0.160. The van der Waals surface area contributed by atoms with Crippen LogP contribution in [0, 0.1) is 0 Å². The van der Waals surface area contributed by atoms with Crippen LogP contribution in [-0.4, -0.2) is 62.7 Å². The number of ether oxygens (including phenoxy) is 3. The highest BCUT2D eigenvalue weighted by Crippen LogP contribution is 2.25. The number of hydrogen-bond donors (Lipinski definition) is 0. The molecule has 0 aromatic rings. The van der Waals surface area contributed by atoms with E-state index in [0.717, 1.165) is 26.4 Å². The Morgan fingerprint density at radius 3 is 2.38 bits per heavy atom. The van der Waals surface area contributed by atoms with E-state index < -0.39 is 0 Å². The van der Waals surface area contributed by atoms with Crippen molar-refractivity contribution in [2.75, 3.05) is 39.5 Å². The smallest absolute Gasteiger partial charge is 0.0809 e. The lowest BCUT2D eigenvalue weighted by atomic mass is 10.1. The summed E-state index contributed by atoms with van der Waals surface area (Å²) >= 11 is 0. The number of rotatable bonds is 7. The van der Waals surface area contributed by atoms with E-state index in [9.17, 15) is 0 Å². The maximum Gasteiger partial charge on any atom is 0.0809 e. The first-order valence-corrected chi connectivity index (χ1v) is 8.97. The van der Waals surface area contributed by atoms with E-state index >= 15 is 0 Å². The Bertz CT molecular complexity index is 277. The highest BCUT2D eigenvalue weighted by Gasteiger charge is 2.24. The summed E-state index contributed by atoms with van der Waals surface area (Å²) < 4.78 is 17.5. The highest BCUT2D eigenvalue weighted by molar-refractivity contribution is 4.76. The minimum atomic E-state index is 0.357. The maximum absolute atomic E-state index is 6.22. The fourth-order valence-electron chi connectivity index (χ4n) is 3.75. The van der Waals surface area contributed by atoms with Gasteiger partial charge in [0.2, 0.25) is 0 Å². The van der Waals surface area contributed by atoms with Crippen LogP contribution in [0.2, 0.25) is 0 Å². The molecule has 2 aliphatic heterocycles. The molecule has 4 heteroatoms. The van der Waals surface area contributed by atoms with Crippen LogP contribution in [0.3, 0.4) is 0 Å². The van der Waals surface area contributed by atoms with Crippen molar-refractivity contribution in [2.45, 2.75) is 69.7 Å². The number of piperidine rings is 1. The molecule has 0 spiro atoms. The lowest BCUT2D eigenvalue weighted by Crippen LogP contribution is -2.40. The minimum absolute atomic E-state index is 0.357. The standard InChI is InChI=1S/C17H31NO3/c1-2-5-15(4-1)21-16-7-9-18(10-8-16)11-13-19-14-17-6-3-12-20-17/h15-17H,1-14H2. The SMILES string of the molecule is C1COC(COCCN2CCC(OC3CCCC3)CC2)C1. The quantitative estimate of drug-likeness (QED) is 0.676. The Morgan fingerprint density at radius 2 is 1.67 bits per heavy atom. The topological polar surface area (TPSA) is 30.9 Å². The van der Waals surface area contributed by atoms with Gasteiger partial charge >= 0.3 is 0 Å². The van der Waals surface area contributed by atoms with E-state index in [0.29, 0.717) is 18.3 Å². The van der Waals surface area contributed by atoms with Crippen molar-refractivity contribution >= 4 is 0 Å². The molecular formula is C17H31NO3. The van der Waals surface area contributed by atoms with Gasteiger partial charge in [-0.05, 0) is 38.5 Å². The Balaban J connectivity index is 1.22. The van der Waals surface area contributed by atoms with Gasteiger partial charge in [-0.1, -0.05) is 12.8 Å². The van der Waals surface area contributed by atoms with Gasteiger partial charge in [-0.25, -0.2) is 0 Å². The molecule has 0 aromatic carbocycles. The van der Waals surface area contributed by atoms with Gasteiger partial charge in [-0.15, -0.1) is 0 Å². The second-order valence-corrected chi connectivity index (χ2v) is 6.79. The second-order valence-electron chi connectivity index (χ2n) is 6.79. The van der Waals surface area contributed by atoms with Crippen molar-refractivity contribution in [3.05, 3.63) is 0 Å². The Morgan fingerprint density at radius 1 is 0.905 bits per heavy atom. The molecule has 0 radical (unpaired) electrons. The molecule has 0 N–H and O–H groups in total. The zero-order chi connectivity index (χ0) is 14.3. The molecule has 3 rings (SSSR count). The van der Waals surface area contributed by atoms with Crippen molar-refractivity contribution in [1.29, 1.82) is 0 Å². The summed E-state index contributed by atoms with van der Waals surface area (Å²) in [6.45, 7) is 5.93. The minimum Gasteiger partial charge on any atom is -0.377 e. The lowest BCUT2D eigenvalue weighted by molar-refractivity contribution is -0.0439. The number of hydrogen-bond acceptors (Lipinski definition) is 4. The van der Waals surface area contributed by atoms with Crippen molar-refractivity contribution in [3.8, 4) is 0 Å². The van der Waals surface area contributed by atoms with Crippen molar-refractivity contribution in [3.63, 3.8) is 0 Å². The van der Waals surface area contributed by atoms with E-state index in [4.69, 9.17) is 14.2 Å². The summed E-state index contributed by atoms with van der Waals surface area (Å²) in [4.78, 5) is 2.52. The van der Waals surface area contributed by atoms with Gasteiger partial charge in [0.05, 0.1) is 31.5 Å². The zero-order valence-electron chi connectivity index (χ0n) is 13.3. The second kappa shape index (κ2) is 8.47. The molecule has 122 valence electrons. The predicted molar refractivity (Wildman–Crippen MR) is 82.6 cm³/mol. The van der Waals surface area contributed by atoms with Crippen molar-refractivity contribution < 1.29 is 14.2 Å². The summed E-state index contributed by atoms with van der Waals surface area (Å²) in [6, 6.07) is 0. The van der Waals surface area contributed by atoms with E-state index in [-0.39, 0.29) is 0 Å². The fraction of sp³-hybridized carbons (Fsp3) is 1.00. The van der Waals surface area contributed by atoms with Crippen LogP contribution in [0.25, 0.3) is 0 Å². The van der Waals surface area contributed by atoms with Gasteiger partial charge in [-0.3, -0.25) is 0 Å². The van der Waals surface area contributed by atoms with Crippen molar-refractivity contribution in [2.24, 2.45) is 0 Å². The van der Waals surface area contributed by atoms with E-state index in [2.05, 4.69) is 4.90 Å². The Labute approximate surface area is 129 Å². The van der Waals surface area contributed by atoms with Gasteiger partial charge < -0.3 is 19.1 Å². The summed E-state index contributed by atoms with van der Waals surface area (Å²) in [7, 11) is 0. The van der Waals surface area contributed by atoms with Crippen LogP contribution in [0.15, 0.2) is 0 Å². The lowest BCUT2D eigenvalue weighted by Gasteiger charge is -2.33. The third-order valence-electron chi connectivity index (χ3n) is 5.10. The molecule has 1 saturated carbocycles. The first-order valence-electron chi connectivity index (χ1n) is 8.97. The van der Waals surface area contributed by atoms with Crippen molar-refractivity contribution in [1.82, 2.24) is 4.90 Å². The number of nitrogens with zero attached hydrogens (tertiary/aromatic N) is 1. The third kappa shape index (κ3) is 5.20. The predicted octanol–water partition coefficient (Wildman–Crippen LogP) is 2.61. The van der Waals surface area contributed by atoms with Crippen LogP contribution < -0.4 is 0 Å². The largest absolute Gasteiger partial charge is 0.377 e. The molecule has 2 saturated heterocycles.